The molecule has 0 radical (unpaired) electrons. The van der Waals surface area contributed by atoms with Gasteiger partial charge in [-0.15, -0.1) is 0 Å². The molecule has 0 amide bonds. The van der Waals surface area contributed by atoms with Crippen LogP contribution in [0.1, 0.15) is 56.6 Å². The molecule has 7 nitrogen and oxygen atoms in total. The largest absolute Gasteiger partial charge is 0.497 e. The molecule has 2 fully saturated rings. The van der Waals surface area contributed by atoms with Gasteiger partial charge in [0, 0.05) is 35.7 Å². The van der Waals surface area contributed by atoms with Crippen molar-refractivity contribution in [3.63, 3.8) is 0 Å². The topological polar surface area (TPSA) is 94.9 Å². The Hall–Kier alpha value is -1.87. The Bertz CT molecular complexity index is 953. The maximum Gasteiger partial charge on any atom is 0.308 e. The zero-order valence-electron chi connectivity index (χ0n) is 20.0. The van der Waals surface area contributed by atoms with Crippen LogP contribution in [0.5, 0.6) is 5.75 Å². The number of likely N-dealkylation sites (tertiary alicyclic amines) is 1. The number of carbonyl (C=O) groups is 1. The van der Waals surface area contributed by atoms with Crippen molar-refractivity contribution in [2.24, 2.45) is 11.8 Å². The van der Waals surface area contributed by atoms with Gasteiger partial charge >= 0.3 is 5.97 Å². The monoisotopic (exact) mass is 487 g/mol. The number of carboxylic acids is 1. The third-order valence-corrected chi connectivity index (χ3v) is 8.92. The number of thioether (sulfide) groups is 1. The highest BCUT2D eigenvalue weighted by molar-refractivity contribution is 7.99. The van der Waals surface area contributed by atoms with Crippen molar-refractivity contribution in [3.8, 4) is 5.75 Å². The lowest BCUT2D eigenvalue weighted by Crippen LogP contribution is -2.44. The van der Waals surface area contributed by atoms with Crippen molar-refractivity contribution < 1.29 is 19.8 Å². The van der Waals surface area contributed by atoms with Gasteiger partial charge < -0.3 is 20.0 Å². The highest BCUT2D eigenvalue weighted by atomic mass is 32.2. The number of methoxy groups -OCH3 is 1. The molecule has 1 saturated heterocycles. The molecule has 4 rings (SSSR count). The van der Waals surface area contributed by atoms with Crippen LogP contribution in [0, 0.1) is 11.8 Å². The number of nitrogens with one attached hydrogen (secondary N) is 1. The number of pyridine rings is 1. The highest BCUT2D eigenvalue weighted by Crippen LogP contribution is 2.34. The van der Waals surface area contributed by atoms with Crippen molar-refractivity contribution in [2.45, 2.75) is 56.2 Å². The number of hydroxylamine groups is 1. The number of hydrogen-bond acceptors (Lipinski definition) is 7. The summed E-state index contributed by atoms with van der Waals surface area (Å²) in [5, 5.41) is 21.6. The Kier molecular flexibility index (Phi) is 9.05. The lowest BCUT2D eigenvalue weighted by Gasteiger charge is -2.37. The molecule has 1 aliphatic carbocycles. The number of piperidine rings is 1. The zero-order valence-corrected chi connectivity index (χ0v) is 20.8. The molecule has 1 aliphatic heterocycles. The average Bonchev–Trinajstić information content (AvgIpc) is 3.38. The summed E-state index contributed by atoms with van der Waals surface area (Å²) in [6, 6.07) is 7.33. The van der Waals surface area contributed by atoms with Gasteiger partial charge in [-0.25, -0.2) is 0 Å². The fourth-order valence-electron chi connectivity index (χ4n) is 5.55. The first-order valence-corrected chi connectivity index (χ1v) is 13.5. The quantitative estimate of drug-likeness (QED) is 0.391. The van der Waals surface area contributed by atoms with Crippen LogP contribution in [0.4, 0.5) is 0 Å². The second-order valence-corrected chi connectivity index (χ2v) is 11.0. The van der Waals surface area contributed by atoms with Crippen LogP contribution >= 0.6 is 11.8 Å². The van der Waals surface area contributed by atoms with Crippen molar-refractivity contribution in [1.82, 2.24) is 15.4 Å². The Labute approximate surface area is 206 Å². The van der Waals surface area contributed by atoms with Gasteiger partial charge in [0.05, 0.1) is 24.6 Å². The van der Waals surface area contributed by atoms with E-state index in [1.165, 1.54) is 25.7 Å². The second kappa shape index (κ2) is 12.2. The molecule has 0 unspecified atom stereocenters. The number of hydrogen-bond donors (Lipinski definition) is 3. The van der Waals surface area contributed by atoms with E-state index in [9.17, 15) is 15.1 Å². The standard InChI is InChI=1S/C26H37N3O4S/c1-33-19-7-9-24-22(16-19)21(10-12-27-24)25(28-32)8-6-18-11-13-29(17-23(18)26(30)31)14-15-34-20-4-2-3-5-20/h7,9-10,12,16,18,20,23,25,28,32H,2-6,8,11,13-15,17H2,1H3,(H,30,31)/t18-,23+,25+/m1/s1. The lowest BCUT2D eigenvalue weighted by atomic mass is 9.81. The number of fused-ring (bicyclic) bond motifs is 1. The van der Waals surface area contributed by atoms with Crippen LogP contribution in [-0.2, 0) is 4.79 Å². The molecule has 0 spiro atoms. The minimum atomic E-state index is -0.703. The van der Waals surface area contributed by atoms with Crippen LogP contribution in [0.3, 0.4) is 0 Å². The third-order valence-electron chi connectivity index (χ3n) is 7.56. The predicted octanol–water partition coefficient (Wildman–Crippen LogP) is 4.74. The number of aliphatic carboxylic acids is 1. The fourth-order valence-corrected chi connectivity index (χ4v) is 6.91. The molecule has 1 aromatic carbocycles. The molecule has 1 aromatic heterocycles. The van der Waals surface area contributed by atoms with Gasteiger partial charge in [-0.3, -0.25) is 9.78 Å². The number of benzene rings is 1. The lowest BCUT2D eigenvalue weighted by molar-refractivity contribution is -0.146. The van der Waals surface area contributed by atoms with E-state index in [2.05, 4.69) is 27.1 Å². The minimum Gasteiger partial charge on any atom is -0.497 e. The maximum absolute atomic E-state index is 12.1. The smallest absolute Gasteiger partial charge is 0.308 e. The molecule has 8 heteroatoms. The SMILES string of the molecule is COc1ccc2nccc([C@H](CC[C@@H]3CCN(CCSC4CCCC4)C[C@@H]3C(=O)O)NO)c2c1. The van der Waals surface area contributed by atoms with Crippen molar-refractivity contribution >= 4 is 28.6 Å². The van der Waals surface area contributed by atoms with E-state index in [0.29, 0.717) is 13.0 Å². The van der Waals surface area contributed by atoms with Crippen molar-refractivity contribution in [2.75, 3.05) is 32.5 Å². The zero-order chi connectivity index (χ0) is 23.9. The molecule has 3 atom stereocenters. The van der Waals surface area contributed by atoms with Gasteiger partial charge in [0.2, 0.25) is 0 Å². The highest BCUT2D eigenvalue weighted by Gasteiger charge is 2.34. The molecule has 1 saturated carbocycles. The van der Waals surface area contributed by atoms with E-state index in [1.807, 2.05) is 24.3 Å². The first kappa shape index (κ1) is 25.2. The van der Waals surface area contributed by atoms with Crippen LogP contribution in [0.25, 0.3) is 10.9 Å². The second-order valence-electron chi connectivity index (χ2n) is 9.61. The predicted molar refractivity (Wildman–Crippen MR) is 136 cm³/mol. The molecule has 2 aromatic rings. The number of carboxylic acid groups (broad SMARTS) is 1. The van der Waals surface area contributed by atoms with Crippen LogP contribution in [0.15, 0.2) is 30.5 Å². The molecular formula is C26H37N3O4S. The Morgan fingerprint density at radius 1 is 1.29 bits per heavy atom. The summed E-state index contributed by atoms with van der Waals surface area (Å²) in [4.78, 5) is 18.9. The third kappa shape index (κ3) is 6.22. The molecular weight excluding hydrogens is 450 g/mol. The van der Waals surface area contributed by atoms with E-state index in [-0.39, 0.29) is 17.9 Å². The Morgan fingerprint density at radius 3 is 2.85 bits per heavy atom. The summed E-state index contributed by atoms with van der Waals surface area (Å²) >= 11 is 2.07. The summed E-state index contributed by atoms with van der Waals surface area (Å²) in [7, 11) is 1.63. The molecule has 2 heterocycles. The van der Waals surface area contributed by atoms with E-state index in [0.717, 1.165) is 59.1 Å². The van der Waals surface area contributed by atoms with Crippen molar-refractivity contribution in [3.05, 3.63) is 36.0 Å². The molecule has 2 aliphatic rings. The minimum absolute atomic E-state index is 0.106. The maximum atomic E-state index is 12.1. The summed E-state index contributed by atoms with van der Waals surface area (Å²) < 4.78 is 5.37. The number of nitrogens with zero attached hydrogens (tertiary/aromatic N) is 2. The van der Waals surface area contributed by atoms with Crippen LogP contribution in [-0.4, -0.2) is 63.9 Å². The van der Waals surface area contributed by atoms with Crippen LogP contribution in [0.2, 0.25) is 0 Å². The summed E-state index contributed by atoms with van der Waals surface area (Å²) in [5.41, 5.74) is 4.25. The number of aromatic nitrogens is 1. The average molecular weight is 488 g/mol. The van der Waals surface area contributed by atoms with Crippen molar-refractivity contribution in [1.29, 1.82) is 0 Å². The molecule has 0 bridgehead atoms. The first-order valence-electron chi connectivity index (χ1n) is 12.5. The Balaban J connectivity index is 1.36. The van der Waals surface area contributed by atoms with Gasteiger partial charge in [0.15, 0.2) is 0 Å². The molecule has 186 valence electrons. The normalized spacial score (nSPS) is 22.8. The van der Waals surface area contributed by atoms with Gasteiger partial charge in [-0.1, -0.05) is 12.8 Å². The summed E-state index contributed by atoms with van der Waals surface area (Å²) in [6.45, 7) is 2.55. The van der Waals surface area contributed by atoms with Crippen LogP contribution < -0.4 is 10.2 Å². The van der Waals surface area contributed by atoms with E-state index >= 15 is 0 Å². The summed E-state index contributed by atoms with van der Waals surface area (Å²) in [6.07, 6.45) is 9.42. The first-order chi connectivity index (χ1) is 16.6. The fraction of sp³-hybridized carbons (Fsp3) is 0.615. The van der Waals surface area contributed by atoms with Gasteiger partial charge in [0.1, 0.15) is 5.75 Å². The Morgan fingerprint density at radius 2 is 2.12 bits per heavy atom. The van der Waals surface area contributed by atoms with Gasteiger partial charge in [-0.05, 0) is 74.4 Å². The van der Waals surface area contributed by atoms with E-state index < -0.39 is 5.97 Å². The van der Waals surface area contributed by atoms with Gasteiger partial charge in [-0.2, -0.15) is 17.2 Å². The molecule has 3 N–H and O–H groups in total. The van der Waals surface area contributed by atoms with E-state index in [4.69, 9.17) is 4.74 Å². The number of rotatable bonds is 11. The van der Waals surface area contributed by atoms with E-state index in [1.54, 1.807) is 13.3 Å². The number of ether oxygens (including phenoxy) is 1. The molecule has 34 heavy (non-hydrogen) atoms. The summed E-state index contributed by atoms with van der Waals surface area (Å²) in [5.74, 6) is 0.874. The van der Waals surface area contributed by atoms with Gasteiger partial charge in [0.25, 0.3) is 0 Å².